The fourth-order valence-electron chi connectivity index (χ4n) is 2.92. The Kier molecular flexibility index (Phi) is 10.5. The molecule has 4 aromatic heterocycles. The summed E-state index contributed by atoms with van der Waals surface area (Å²) in [6.07, 6.45) is 15.8. The molecule has 0 aromatic carbocycles. The van der Waals surface area contributed by atoms with E-state index >= 15 is 0 Å². The van der Waals surface area contributed by atoms with Gasteiger partial charge in [0.25, 0.3) is 0 Å². The van der Waals surface area contributed by atoms with Gasteiger partial charge in [0.15, 0.2) is 24.8 Å². The van der Waals surface area contributed by atoms with E-state index in [-0.39, 0.29) is 0 Å². The van der Waals surface area contributed by atoms with Crippen LogP contribution in [0.5, 0.6) is 0 Å². The molecule has 0 bridgehead atoms. The minimum Gasteiger partial charge on any atom is -0.418 e. The van der Waals surface area contributed by atoms with Crippen molar-refractivity contribution < 1.29 is 43.7 Å². The molecule has 0 amide bonds. The van der Waals surface area contributed by atoms with E-state index in [0.717, 1.165) is 13.1 Å². The Morgan fingerprint density at radius 1 is 0.444 bits per heavy atom. The zero-order chi connectivity index (χ0) is 26.6. The van der Waals surface area contributed by atoms with Crippen molar-refractivity contribution in [3.05, 3.63) is 98.1 Å². The molecule has 4 rings (SSSR count). The van der Waals surface area contributed by atoms with Gasteiger partial charge < -0.3 is 34.5 Å². The average molecular weight is 514 g/mol. The van der Waals surface area contributed by atoms with Crippen molar-refractivity contribution in [2.75, 3.05) is 0 Å². The fourth-order valence-corrected chi connectivity index (χ4v) is 2.92. The van der Waals surface area contributed by atoms with E-state index in [0.29, 0.717) is 0 Å². The van der Waals surface area contributed by atoms with Crippen LogP contribution in [0.3, 0.4) is 0 Å². The number of aromatic nitrogens is 4. The number of aryl methyl sites for hydroxylation is 2. The third kappa shape index (κ3) is 12.6. The third-order valence-electron chi connectivity index (χ3n) is 4.43. The number of hydrogen-bond acceptors (Lipinski definition) is 2. The van der Waals surface area contributed by atoms with Crippen LogP contribution in [0.1, 0.15) is 0 Å². The van der Waals surface area contributed by atoms with Crippen LogP contribution in [0, 0.1) is 0 Å². The van der Waals surface area contributed by atoms with Crippen molar-refractivity contribution in [2.24, 2.45) is 0 Å². The molecule has 14 heteroatoms. The fraction of sp³-hybridized carbons (Fsp3) is 0.0909. The molecule has 0 fully saturated rings. The zero-order valence-electron chi connectivity index (χ0n) is 18.6. The molecular formula is C22H20B2F8N4. The second-order valence-corrected chi connectivity index (χ2v) is 7.11. The molecule has 0 radical (unpaired) electrons. The molecule has 190 valence electrons. The molecule has 0 aliphatic heterocycles. The van der Waals surface area contributed by atoms with Crippen molar-refractivity contribution in [2.45, 2.75) is 13.1 Å². The van der Waals surface area contributed by atoms with Gasteiger partial charge in [-0.2, -0.15) is 9.13 Å². The summed E-state index contributed by atoms with van der Waals surface area (Å²) < 4.78 is 82.4. The van der Waals surface area contributed by atoms with E-state index < -0.39 is 14.5 Å². The molecule has 0 spiro atoms. The van der Waals surface area contributed by atoms with Gasteiger partial charge >= 0.3 is 14.5 Å². The van der Waals surface area contributed by atoms with E-state index in [1.807, 2.05) is 49.1 Å². The van der Waals surface area contributed by atoms with E-state index in [4.69, 9.17) is 0 Å². The quantitative estimate of drug-likeness (QED) is 0.195. The highest BCUT2D eigenvalue weighted by atomic mass is 19.5. The lowest BCUT2D eigenvalue weighted by Crippen LogP contribution is -2.43. The van der Waals surface area contributed by atoms with E-state index in [2.05, 4.69) is 68.2 Å². The molecule has 0 aliphatic carbocycles. The van der Waals surface area contributed by atoms with Crippen molar-refractivity contribution in [1.29, 1.82) is 0 Å². The highest BCUT2D eigenvalue weighted by Crippen LogP contribution is 2.16. The minimum atomic E-state index is -6.00. The molecule has 0 saturated heterocycles. The predicted octanol–water partition coefficient (Wildman–Crippen LogP) is 5.69. The van der Waals surface area contributed by atoms with Crippen molar-refractivity contribution in [3.63, 3.8) is 0 Å². The number of pyridine rings is 4. The van der Waals surface area contributed by atoms with E-state index in [9.17, 15) is 34.5 Å². The standard InChI is InChI=1S/C22H20N4.2BF4/c1-9-23-10-2-19(1)21-5-13-25(14-6-21)17-18-26-15-7-22(8-16-26)20-3-11-24-12-4-20;2*2-1(3,4)5/h1-16H,17-18H2;;/q+2;2*-1. The Labute approximate surface area is 202 Å². The van der Waals surface area contributed by atoms with Crippen LogP contribution in [0.15, 0.2) is 98.1 Å². The number of hydrogen-bond donors (Lipinski definition) is 0. The van der Waals surface area contributed by atoms with Crippen LogP contribution in [0.2, 0.25) is 0 Å². The van der Waals surface area contributed by atoms with Crippen LogP contribution in [0.4, 0.5) is 34.5 Å². The van der Waals surface area contributed by atoms with Gasteiger partial charge in [-0.3, -0.25) is 9.97 Å². The molecule has 4 nitrogen and oxygen atoms in total. The first-order chi connectivity index (χ1) is 16.9. The summed E-state index contributed by atoms with van der Waals surface area (Å²) in [5.74, 6) is 0. The Balaban J connectivity index is 0.000000389. The van der Waals surface area contributed by atoms with Crippen LogP contribution >= 0.6 is 0 Å². The minimum absolute atomic E-state index is 0.926. The second-order valence-electron chi connectivity index (χ2n) is 7.11. The molecule has 4 aromatic rings. The largest absolute Gasteiger partial charge is 0.673 e. The van der Waals surface area contributed by atoms with Gasteiger partial charge in [-0.05, 0) is 46.5 Å². The highest BCUT2D eigenvalue weighted by molar-refractivity contribution is 6.50. The molecule has 0 saturated carbocycles. The molecular weight excluding hydrogens is 494 g/mol. The average Bonchev–Trinajstić information content (AvgIpc) is 2.82. The maximum Gasteiger partial charge on any atom is 0.673 e. The lowest BCUT2D eigenvalue weighted by molar-refractivity contribution is -0.778. The van der Waals surface area contributed by atoms with Gasteiger partial charge in [0.1, 0.15) is 0 Å². The topological polar surface area (TPSA) is 33.5 Å². The maximum absolute atomic E-state index is 9.75. The summed E-state index contributed by atoms with van der Waals surface area (Å²) in [7, 11) is -12.0. The molecule has 0 aliphatic rings. The Morgan fingerprint density at radius 2 is 0.667 bits per heavy atom. The van der Waals surface area contributed by atoms with Crippen LogP contribution in [-0.2, 0) is 13.1 Å². The maximum atomic E-state index is 9.75. The number of rotatable bonds is 5. The number of halogens is 8. The SMILES string of the molecule is F[B-](F)(F)F.F[B-](F)(F)F.c1cc(-c2cc[n+](CC[n+]3ccc(-c4ccncc4)cc3)cc2)ccn1. The lowest BCUT2D eigenvalue weighted by Gasteiger charge is -2.01. The normalized spacial score (nSPS) is 11.0. The zero-order valence-corrected chi connectivity index (χ0v) is 18.6. The van der Waals surface area contributed by atoms with Gasteiger partial charge in [0.05, 0.1) is 0 Å². The molecule has 4 heterocycles. The Bertz CT molecular complexity index is 1050. The van der Waals surface area contributed by atoms with Crippen LogP contribution in [-0.4, -0.2) is 24.5 Å². The van der Waals surface area contributed by atoms with Crippen LogP contribution < -0.4 is 9.13 Å². The predicted molar refractivity (Wildman–Crippen MR) is 120 cm³/mol. The molecule has 0 N–H and O–H groups in total. The smallest absolute Gasteiger partial charge is 0.418 e. The molecule has 0 unspecified atom stereocenters. The van der Waals surface area contributed by atoms with Gasteiger partial charge in [0, 0.05) is 49.1 Å². The van der Waals surface area contributed by atoms with E-state index in [1.54, 1.807) is 0 Å². The summed E-state index contributed by atoms with van der Waals surface area (Å²) in [6.45, 7) is 1.85. The number of nitrogens with zero attached hydrogens (tertiary/aromatic N) is 4. The highest BCUT2D eigenvalue weighted by Gasteiger charge is 2.21. The van der Waals surface area contributed by atoms with Crippen molar-refractivity contribution >= 4 is 14.5 Å². The summed E-state index contributed by atoms with van der Waals surface area (Å²) in [5.41, 5.74) is 4.79. The first-order valence-corrected chi connectivity index (χ1v) is 10.4. The van der Waals surface area contributed by atoms with Gasteiger partial charge in [0.2, 0.25) is 13.1 Å². The monoisotopic (exact) mass is 514 g/mol. The van der Waals surface area contributed by atoms with Gasteiger partial charge in [-0.15, -0.1) is 0 Å². The van der Waals surface area contributed by atoms with Crippen LogP contribution in [0.25, 0.3) is 22.3 Å². The second kappa shape index (κ2) is 13.3. The summed E-state index contributed by atoms with van der Waals surface area (Å²) >= 11 is 0. The Morgan fingerprint density at radius 3 is 0.917 bits per heavy atom. The summed E-state index contributed by atoms with van der Waals surface area (Å²) in [4.78, 5) is 8.13. The lowest BCUT2D eigenvalue weighted by atomic mass is 10.1. The first-order valence-electron chi connectivity index (χ1n) is 10.4. The Hall–Kier alpha value is -3.83. The molecule has 36 heavy (non-hydrogen) atoms. The van der Waals surface area contributed by atoms with E-state index in [1.165, 1.54) is 22.3 Å². The third-order valence-corrected chi connectivity index (χ3v) is 4.43. The summed E-state index contributed by atoms with van der Waals surface area (Å²) in [6, 6.07) is 16.7. The van der Waals surface area contributed by atoms with Gasteiger partial charge in [-0.25, -0.2) is 0 Å². The molecule has 0 atom stereocenters. The first kappa shape index (κ1) is 28.4. The van der Waals surface area contributed by atoms with Crippen molar-refractivity contribution in [3.8, 4) is 22.3 Å². The summed E-state index contributed by atoms with van der Waals surface area (Å²) in [5, 5.41) is 0. The van der Waals surface area contributed by atoms with Gasteiger partial charge in [-0.1, -0.05) is 0 Å². The van der Waals surface area contributed by atoms with Crippen molar-refractivity contribution in [1.82, 2.24) is 9.97 Å².